The molecule has 0 saturated heterocycles. The summed E-state index contributed by atoms with van der Waals surface area (Å²) in [6.45, 7) is 2.29. The summed E-state index contributed by atoms with van der Waals surface area (Å²) in [6.07, 6.45) is 19.3. The fourth-order valence-corrected chi connectivity index (χ4v) is 2.87. The lowest BCUT2D eigenvalue weighted by Crippen LogP contribution is -1.82. The molecule has 1 aromatic rings. The molecule has 0 unspecified atom stereocenters. The van der Waals surface area contributed by atoms with Crippen LogP contribution in [0.4, 0.5) is 0 Å². The first-order valence-corrected chi connectivity index (χ1v) is 9.88. The zero-order valence-corrected chi connectivity index (χ0v) is 15.2. The second-order valence-corrected chi connectivity index (χ2v) is 6.59. The highest BCUT2D eigenvalue weighted by Gasteiger charge is 1.93. The Morgan fingerprint density at radius 2 is 1.35 bits per heavy atom. The first-order chi connectivity index (χ1) is 11.4. The van der Waals surface area contributed by atoms with E-state index < -0.39 is 0 Å². The van der Waals surface area contributed by atoms with Gasteiger partial charge in [-0.25, -0.2) is 0 Å². The monoisotopic (exact) mass is 311 g/mol. The summed E-state index contributed by atoms with van der Waals surface area (Å²) < 4.78 is 0. The number of unbranched alkanes of at least 4 members (excludes halogenated alkanes) is 13. The summed E-state index contributed by atoms with van der Waals surface area (Å²) in [5, 5.41) is 0. The largest absolute Gasteiger partial charge is 0.0979 e. The molecule has 0 aliphatic rings. The highest BCUT2D eigenvalue weighted by atomic mass is 14.0. The summed E-state index contributed by atoms with van der Waals surface area (Å²) in [4.78, 5) is 0. The summed E-state index contributed by atoms with van der Waals surface area (Å²) in [6, 6.07) is 11.0. The molecule has 0 atom stereocenters. The van der Waals surface area contributed by atoms with Gasteiger partial charge in [-0.2, -0.15) is 0 Å². The Bertz CT molecular complexity index is 407. The smallest absolute Gasteiger partial charge is 0.0251 e. The Labute approximate surface area is 145 Å². The Kier molecular flexibility index (Phi) is 13.5. The highest BCUT2D eigenvalue weighted by molar-refractivity contribution is 5.32. The first kappa shape index (κ1) is 19.8. The Morgan fingerprint density at radius 3 is 1.87 bits per heavy atom. The van der Waals surface area contributed by atoms with Crippen molar-refractivity contribution >= 4 is 0 Å². The van der Waals surface area contributed by atoms with E-state index in [9.17, 15) is 0 Å². The van der Waals surface area contributed by atoms with E-state index in [2.05, 4.69) is 24.8 Å². The van der Waals surface area contributed by atoms with Crippen LogP contribution in [0.2, 0.25) is 0 Å². The van der Waals surface area contributed by atoms with Gasteiger partial charge in [0.15, 0.2) is 0 Å². The second kappa shape index (κ2) is 15.7. The van der Waals surface area contributed by atoms with E-state index in [-0.39, 0.29) is 0 Å². The molecular weight excluding hydrogens is 276 g/mol. The summed E-state index contributed by atoms with van der Waals surface area (Å²) in [7, 11) is 0. The fourth-order valence-electron chi connectivity index (χ4n) is 2.87. The highest BCUT2D eigenvalue weighted by Crippen LogP contribution is 2.12. The molecule has 0 N–H and O–H groups in total. The van der Waals surface area contributed by atoms with Gasteiger partial charge in [0.2, 0.25) is 0 Å². The van der Waals surface area contributed by atoms with Gasteiger partial charge in [0.1, 0.15) is 0 Å². The van der Waals surface area contributed by atoms with Gasteiger partial charge in [-0.05, 0) is 24.6 Å². The standard InChI is InChI=1S/C23H35/c1-2-3-4-5-6-7-8-9-10-11-12-13-14-15-17-20-23-21-18-16-19-22-23/h16,18,21-22H,2-15H2,1H3. The summed E-state index contributed by atoms with van der Waals surface area (Å²) in [5.74, 6) is 6.48. The Hall–Kier alpha value is -1.22. The van der Waals surface area contributed by atoms with Crippen LogP contribution in [0, 0.1) is 17.9 Å². The molecule has 0 amide bonds. The van der Waals surface area contributed by atoms with E-state index in [1.165, 1.54) is 83.5 Å². The molecule has 1 radical (unpaired) electrons. The number of hydrogen-bond donors (Lipinski definition) is 0. The van der Waals surface area contributed by atoms with Crippen molar-refractivity contribution in [2.45, 2.75) is 96.8 Å². The van der Waals surface area contributed by atoms with Crippen molar-refractivity contribution in [1.29, 1.82) is 0 Å². The van der Waals surface area contributed by atoms with E-state index in [0.717, 1.165) is 12.0 Å². The van der Waals surface area contributed by atoms with Crippen molar-refractivity contribution < 1.29 is 0 Å². The maximum Gasteiger partial charge on any atom is 0.0251 e. The van der Waals surface area contributed by atoms with Gasteiger partial charge in [0, 0.05) is 12.0 Å². The minimum atomic E-state index is 1.03. The molecule has 0 fully saturated rings. The Balaban J connectivity index is 1.79. The predicted molar refractivity (Wildman–Crippen MR) is 102 cm³/mol. The van der Waals surface area contributed by atoms with Gasteiger partial charge in [-0.1, -0.05) is 108 Å². The number of hydrogen-bond acceptors (Lipinski definition) is 0. The Morgan fingerprint density at radius 1 is 0.783 bits per heavy atom. The van der Waals surface area contributed by atoms with Gasteiger partial charge in [-0.3, -0.25) is 0 Å². The zero-order chi connectivity index (χ0) is 16.4. The van der Waals surface area contributed by atoms with Crippen LogP contribution < -0.4 is 0 Å². The van der Waals surface area contributed by atoms with E-state index >= 15 is 0 Å². The molecule has 1 rings (SSSR count). The van der Waals surface area contributed by atoms with E-state index in [1.54, 1.807) is 0 Å². The molecule has 23 heavy (non-hydrogen) atoms. The SMILES string of the molecule is CCCCCCCCCCCCCCCC#Cc1c[c]ccc1. The van der Waals surface area contributed by atoms with Crippen LogP contribution in [0.1, 0.15) is 102 Å². The van der Waals surface area contributed by atoms with Gasteiger partial charge in [0.25, 0.3) is 0 Å². The maximum absolute atomic E-state index is 3.27. The molecule has 0 bridgehead atoms. The average molecular weight is 312 g/mol. The second-order valence-electron chi connectivity index (χ2n) is 6.59. The van der Waals surface area contributed by atoms with Crippen LogP contribution >= 0.6 is 0 Å². The molecule has 0 aromatic heterocycles. The van der Waals surface area contributed by atoms with Crippen LogP contribution in [-0.2, 0) is 0 Å². The molecule has 0 saturated carbocycles. The third kappa shape index (κ3) is 13.0. The number of benzene rings is 1. The van der Waals surface area contributed by atoms with Crippen LogP contribution in [0.5, 0.6) is 0 Å². The van der Waals surface area contributed by atoms with Crippen molar-refractivity contribution in [2.75, 3.05) is 0 Å². The average Bonchev–Trinajstić information content (AvgIpc) is 2.59. The molecule has 1 aromatic carbocycles. The van der Waals surface area contributed by atoms with Crippen LogP contribution in [0.25, 0.3) is 0 Å². The molecule has 0 heteroatoms. The molecular formula is C23H35. The quantitative estimate of drug-likeness (QED) is 0.264. The van der Waals surface area contributed by atoms with Crippen LogP contribution in [0.3, 0.4) is 0 Å². The first-order valence-electron chi connectivity index (χ1n) is 9.88. The molecule has 0 nitrogen and oxygen atoms in total. The maximum atomic E-state index is 3.27. The lowest BCUT2D eigenvalue weighted by Gasteiger charge is -2.02. The normalized spacial score (nSPS) is 10.3. The third-order valence-corrected chi connectivity index (χ3v) is 4.35. The minimum Gasteiger partial charge on any atom is -0.0979 e. The summed E-state index contributed by atoms with van der Waals surface area (Å²) >= 11 is 0. The van der Waals surface area contributed by atoms with Crippen molar-refractivity contribution in [3.8, 4) is 11.8 Å². The third-order valence-electron chi connectivity index (χ3n) is 4.35. The van der Waals surface area contributed by atoms with E-state index in [1.807, 2.05) is 24.3 Å². The van der Waals surface area contributed by atoms with Crippen molar-refractivity contribution in [1.82, 2.24) is 0 Å². The lowest BCUT2D eigenvalue weighted by molar-refractivity contribution is 0.540. The van der Waals surface area contributed by atoms with E-state index in [0.29, 0.717) is 0 Å². The van der Waals surface area contributed by atoms with Gasteiger partial charge in [-0.15, -0.1) is 0 Å². The topological polar surface area (TPSA) is 0 Å². The zero-order valence-electron chi connectivity index (χ0n) is 15.2. The van der Waals surface area contributed by atoms with Crippen LogP contribution in [-0.4, -0.2) is 0 Å². The van der Waals surface area contributed by atoms with Gasteiger partial charge in [0.05, 0.1) is 0 Å². The summed E-state index contributed by atoms with van der Waals surface area (Å²) in [5.41, 5.74) is 1.09. The lowest BCUT2D eigenvalue weighted by atomic mass is 10.0. The predicted octanol–water partition coefficient (Wildman–Crippen LogP) is 7.32. The minimum absolute atomic E-state index is 1.03. The molecule has 127 valence electrons. The molecule has 0 spiro atoms. The van der Waals surface area contributed by atoms with E-state index in [4.69, 9.17) is 0 Å². The fraction of sp³-hybridized carbons (Fsp3) is 0.652. The van der Waals surface area contributed by atoms with Crippen molar-refractivity contribution in [3.05, 3.63) is 35.9 Å². The number of rotatable bonds is 13. The molecule has 0 heterocycles. The van der Waals surface area contributed by atoms with Crippen molar-refractivity contribution in [2.24, 2.45) is 0 Å². The van der Waals surface area contributed by atoms with Gasteiger partial charge < -0.3 is 0 Å². The molecule has 0 aliphatic heterocycles. The van der Waals surface area contributed by atoms with Crippen molar-refractivity contribution in [3.63, 3.8) is 0 Å². The molecule has 0 aliphatic carbocycles. The van der Waals surface area contributed by atoms with Crippen LogP contribution in [0.15, 0.2) is 24.3 Å². The van der Waals surface area contributed by atoms with Gasteiger partial charge >= 0.3 is 0 Å².